The van der Waals surface area contributed by atoms with Gasteiger partial charge in [0.2, 0.25) is 0 Å². The molecule has 0 saturated carbocycles. The molecular weight excluding hydrogens is 274 g/mol. The first-order valence-corrected chi connectivity index (χ1v) is 5.76. The summed E-state index contributed by atoms with van der Waals surface area (Å²) in [5, 5.41) is 17.8. The van der Waals surface area contributed by atoms with E-state index in [0.29, 0.717) is 5.02 Å². The second-order valence-electron chi connectivity index (χ2n) is 3.77. The van der Waals surface area contributed by atoms with Crippen molar-refractivity contribution in [2.24, 2.45) is 0 Å². The lowest BCUT2D eigenvalue weighted by Crippen LogP contribution is -2.37. The molecule has 0 aliphatic carbocycles. The fourth-order valence-electron chi connectivity index (χ4n) is 1.42. The maximum absolute atomic E-state index is 12.0. The standard InChI is InChI=1S/C12H12ClNO5/c13-9-3-1-8(2-4-9)12(19)14(7-11(17)18)6-5-10(15)16/h1-4H,5-7H2,(H,15,16)(H,17,18). The topological polar surface area (TPSA) is 94.9 Å². The number of nitrogens with zero attached hydrogens (tertiary/aromatic N) is 1. The van der Waals surface area contributed by atoms with Gasteiger partial charge in [-0.15, -0.1) is 0 Å². The molecule has 0 atom stereocenters. The van der Waals surface area contributed by atoms with E-state index in [1.54, 1.807) is 0 Å². The molecule has 6 nitrogen and oxygen atoms in total. The third kappa shape index (κ3) is 4.97. The SMILES string of the molecule is O=C(O)CCN(CC(=O)O)C(=O)c1ccc(Cl)cc1. The van der Waals surface area contributed by atoms with E-state index in [1.165, 1.54) is 24.3 Å². The molecule has 0 spiro atoms. The molecule has 1 aromatic rings. The fourth-order valence-corrected chi connectivity index (χ4v) is 1.55. The van der Waals surface area contributed by atoms with Crippen LogP contribution in [0.5, 0.6) is 0 Å². The van der Waals surface area contributed by atoms with Crippen LogP contribution in [-0.2, 0) is 9.59 Å². The number of carbonyl (C=O) groups excluding carboxylic acids is 1. The number of carbonyl (C=O) groups is 3. The van der Waals surface area contributed by atoms with E-state index in [1.807, 2.05) is 0 Å². The first-order chi connectivity index (χ1) is 8.90. The van der Waals surface area contributed by atoms with Crippen LogP contribution in [0.4, 0.5) is 0 Å². The van der Waals surface area contributed by atoms with E-state index >= 15 is 0 Å². The zero-order chi connectivity index (χ0) is 14.4. The maximum atomic E-state index is 12.0. The Hall–Kier alpha value is -2.08. The molecule has 1 rings (SSSR count). The molecule has 0 aliphatic rings. The van der Waals surface area contributed by atoms with Gasteiger partial charge in [-0.3, -0.25) is 14.4 Å². The monoisotopic (exact) mass is 285 g/mol. The number of rotatable bonds is 6. The Kier molecular flexibility index (Phi) is 5.32. The van der Waals surface area contributed by atoms with Gasteiger partial charge in [-0.25, -0.2) is 0 Å². The lowest BCUT2D eigenvalue weighted by Gasteiger charge is -2.19. The number of hydrogen-bond acceptors (Lipinski definition) is 3. The average molecular weight is 286 g/mol. The third-order valence-corrected chi connectivity index (χ3v) is 2.55. The Balaban J connectivity index is 2.83. The van der Waals surface area contributed by atoms with Crippen molar-refractivity contribution in [2.45, 2.75) is 6.42 Å². The van der Waals surface area contributed by atoms with E-state index in [4.69, 9.17) is 21.8 Å². The minimum absolute atomic E-state index is 0.164. The summed E-state index contributed by atoms with van der Waals surface area (Å²) < 4.78 is 0. The maximum Gasteiger partial charge on any atom is 0.323 e. The minimum atomic E-state index is -1.20. The molecule has 1 aromatic carbocycles. The van der Waals surface area contributed by atoms with Gasteiger partial charge >= 0.3 is 11.9 Å². The molecule has 0 radical (unpaired) electrons. The van der Waals surface area contributed by atoms with E-state index in [0.717, 1.165) is 4.90 Å². The van der Waals surface area contributed by atoms with E-state index in [-0.39, 0.29) is 18.5 Å². The van der Waals surface area contributed by atoms with Crippen LogP contribution in [0.15, 0.2) is 24.3 Å². The highest BCUT2D eigenvalue weighted by Gasteiger charge is 2.19. The Morgan fingerprint density at radius 1 is 1.05 bits per heavy atom. The van der Waals surface area contributed by atoms with Crippen molar-refractivity contribution >= 4 is 29.4 Å². The number of amides is 1. The molecule has 0 aliphatic heterocycles. The number of halogens is 1. The molecular formula is C12H12ClNO5. The number of benzene rings is 1. The molecule has 0 unspecified atom stereocenters. The van der Waals surface area contributed by atoms with Crippen LogP contribution in [0.1, 0.15) is 16.8 Å². The largest absolute Gasteiger partial charge is 0.481 e. The molecule has 7 heteroatoms. The van der Waals surface area contributed by atoms with Crippen LogP contribution in [0.3, 0.4) is 0 Å². The summed E-state index contributed by atoms with van der Waals surface area (Å²) in [4.78, 5) is 34.2. The summed E-state index contributed by atoms with van der Waals surface area (Å²) in [7, 11) is 0. The molecule has 0 fully saturated rings. The summed E-state index contributed by atoms with van der Waals surface area (Å²) in [5.74, 6) is -2.84. The lowest BCUT2D eigenvalue weighted by molar-refractivity contribution is -0.140. The van der Waals surface area contributed by atoms with Crippen molar-refractivity contribution in [3.05, 3.63) is 34.9 Å². The molecule has 2 N–H and O–H groups in total. The predicted octanol–water partition coefficient (Wildman–Crippen LogP) is 1.34. The highest BCUT2D eigenvalue weighted by molar-refractivity contribution is 6.30. The second kappa shape index (κ2) is 6.75. The molecule has 19 heavy (non-hydrogen) atoms. The summed E-state index contributed by atoms with van der Waals surface area (Å²) in [6.45, 7) is -0.710. The lowest BCUT2D eigenvalue weighted by atomic mass is 10.2. The van der Waals surface area contributed by atoms with E-state index in [9.17, 15) is 14.4 Å². The van der Waals surface area contributed by atoms with Gasteiger partial charge in [-0.05, 0) is 24.3 Å². The quantitative estimate of drug-likeness (QED) is 0.822. The van der Waals surface area contributed by atoms with Crippen LogP contribution in [0.25, 0.3) is 0 Å². The molecule has 0 aromatic heterocycles. The number of aliphatic carboxylic acids is 2. The van der Waals surface area contributed by atoms with Gasteiger partial charge in [0, 0.05) is 17.1 Å². The number of hydrogen-bond donors (Lipinski definition) is 2. The molecule has 0 saturated heterocycles. The van der Waals surface area contributed by atoms with Gasteiger partial charge < -0.3 is 15.1 Å². The normalized spacial score (nSPS) is 9.95. The van der Waals surface area contributed by atoms with Gasteiger partial charge in [-0.2, -0.15) is 0 Å². The minimum Gasteiger partial charge on any atom is -0.481 e. The van der Waals surface area contributed by atoms with Crippen LogP contribution < -0.4 is 0 Å². The highest BCUT2D eigenvalue weighted by atomic mass is 35.5. The summed E-state index contributed by atoms with van der Waals surface area (Å²) >= 11 is 5.69. The first-order valence-electron chi connectivity index (χ1n) is 5.38. The van der Waals surface area contributed by atoms with Crippen molar-refractivity contribution in [1.82, 2.24) is 4.90 Å². The van der Waals surface area contributed by atoms with Gasteiger partial charge in [0.25, 0.3) is 5.91 Å². The van der Waals surface area contributed by atoms with Gasteiger partial charge in [0.15, 0.2) is 0 Å². The van der Waals surface area contributed by atoms with E-state index < -0.39 is 24.4 Å². The van der Waals surface area contributed by atoms with Crippen molar-refractivity contribution in [3.8, 4) is 0 Å². The third-order valence-electron chi connectivity index (χ3n) is 2.30. The summed E-state index contributed by atoms with van der Waals surface area (Å²) in [6, 6.07) is 5.93. The van der Waals surface area contributed by atoms with Crippen molar-refractivity contribution in [3.63, 3.8) is 0 Å². The number of carboxylic acids is 2. The van der Waals surface area contributed by atoms with Gasteiger partial charge in [0.05, 0.1) is 6.42 Å². The average Bonchev–Trinajstić information content (AvgIpc) is 2.34. The summed E-state index contributed by atoms with van der Waals surface area (Å²) in [6.07, 6.45) is -0.313. The van der Waals surface area contributed by atoms with Gasteiger partial charge in [0.1, 0.15) is 6.54 Å². The van der Waals surface area contributed by atoms with Gasteiger partial charge in [-0.1, -0.05) is 11.6 Å². The Morgan fingerprint density at radius 3 is 2.11 bits per heavy atom. The van der Waals surface area contributed by atoms with Crippen LogP contribution in [0, 0.1) is 0 Å². The Bertz CT molecular complexity index is 485. The zero-order valence-electron chi connectivity index (χ0n) is 9.88. The number of carboxylic acid groups (broad SMARTS) is 2. The summed E-state index contributed by atoms with van der Waals surface area (Å²) in [5.41, 5.74) is 0.260. The molecule has 0 heterocycles. The first kappa shape index (κ1) is 15.0. The highest BCUT2D eigenvalue weighted by Crippen LogP contribution is 2.12. The zero-order valence-corrected chi connectivity index (χ0v) is 10.6. The Labute approximate surface area is 114 Å². The second-order valence-corrected chi connectivity index (χ2v) is 4.21. The molecule has 102 valence electrons. The fraction of sp³-hybridized carbons (Fsp3) is 0.250. The van der Waals surface area contributed by atoms with Crippen molar-refractivity contribution in [1.29, 1.82) is 0 Å². The van der Waals surface area contributed by atoms with Crippen LogP contribution in [0.2, 0.25) is 5.02 Å². The van der Waals surface area contributed by atoms with Crippen LogP contribution in [-0.4, -0.2) is 46.0 Å². The van der Waals surface area contributed by atoms with Crippen molar-refractivity contribution in [2.75, 3.05) is 13.1 Å². The van der Waals surface area contributed by atoms with Crippen LogP contribution >= 0.6 is 11.6 Å². The van der Waals surface area contributed by atoms with E-state index in [2.05, 4.69) is 0 Å². The molecule has 1 amide bonds. The predicted molar refractivity (Wildman–Crippen MR) is 67.2 cm³/mol. The Morgan fingerprint density at radius 2 is 1.63 bits per heavy atom. The smallest absolute Gasteiger partial charge is 0.323 e. The van der Waals surface area contributed by atoms with Crippen molar-refractivity contribution < 1.29 is 24.6 Å². The molecule has 0 bridgehead atoms.